The normalized spacial score (nSPS) is 16.8. The van der Waals surface area contributed by atoms with E-state index in [2.05, 4.69) is 17.5 Å². The molecule has 100 valence electrons. The summed E-state index contributed by atoms with van der Waals surface area (Å²) in [7, 11) is 0. The van der Waals surface area contributed by atoms with Crippen LogP contribution in [0.4, 0.5) is 0 Å². The van der Waals surface area contributed by atoms with Gasteiger partial charge in [0.05, 0.1) is 0 Å². The van der Waals surface area contributed by atoms with Crippen LogP contribution in [0.1, 0.15) is 12.8 Å². The minimum atomic E-state index is -1.26. The topological polar surface area (TPSA) is 113 Å². The van der Waals surface area contributed by atoms with Crippen molar-refractivity contribution in [3.63, 3.8) is 0 Å². The molecule has 1 aliphatic heterocycles. The van der Waals surface area contributed by atoms with Crippen LogP contribution in [0.2, 0.25) is 0 Å². The number of carbonyl (C=O) groups is 2. The molecule has 0 bridgehead atoms. The molecular weight excluding hydrogens is 236 g/mol. The quantitative estimate of drug-likeness (QED) is 0.531. The summed E-state index contributed by atoms with van der Waals surface area (Å²) in [6.45, 7) is 0.787. The van der Waals surface area contributed by atoms with E-state index in [1.165, 1.54) is 0 Å². The SMILES string of the molecule is NCCCC1C=CC=CN1.O=C(O)C=CC(=O)O. The molecule has 0 aromatic rings. The van der Waals surface area contributed by atoms with Crippen molar-refractivity contribution in [3.8, 4) is 0 Å². The monoisotopic (exact) mass is 254 g/mol. The average molecular weight is 254 g/mol. The highest BCUT2D eigenvalue weighted by atomic mass is 16.4. The van der Waals surface area contributed by atoms with Crippen LogP contribution < -0.4 is 11.1 Å². The van der Waals surface area contributed by atoms with Crippen molar-refractivity contribution in [2.45, 2.75) is 18.9 Å². The van der Waals surface area contributed by atoms with Gasteiger partial charge in [-0.1, -0.05) is 12.2 Å². The fraction of sp³-hybridized carbons (Fsp3) is 0.333. The number of nitrogens with two attached hydrogens (primary N) is 1. The van der Waals surface area contributed by atoms with E-state index < -0.39 is 11.9 Å². The molecule has 0 aliphatic carbocycles. The number of rotatable bonds is 5. The Kier molecular flexibility index (Phi) is 8.93. The van der Waals surface area contributed by atoms with Crippen LogP contribution in [0.15, 0.2) is 36.6 Å². The first kappa shape index (κ1) is 15.9. The van der Waals surface area contributed by atoms with Gasteiger partial charge in [0.25, 0.3) is 0 Å². The van der Waals surface area contributed by atoms with Crippen molar-refractivity contribution < 1.29 is 19.8 Å². The van der Waals surface area contributed by atoms with Gasteiger partial charge >= 0.3 is 11.9 Å². The van der Waals surface area contributed by atoms with Crippen LogP contribution in [-0.4, -0.2) is 34.7 Å². The third-order valence-corrected chi connectivity index (χ3v) is 1.95. The molecule has 0 fully saturated rings. The van der Waals surface area contributed by atoms with Gasteiger partial charge in [0.1, 0.15) is 0 Å². The average Bonchev–Trinajstić information content (AvgIpc) is 2.36. The molecule has 1 aliphatic rings. The van der Waals surface area contributed by atoms with E-state index in [4.69, 9.17) is 15.9 Å². The van der Waals surface area contributed by atoms with Crippen LogP contribution in [0.5, 0.6) is 0 Å². The summed E-state index contributed by atoms with van der Waals surface area (Å²) < 4.78 is 0. The molecule has 1 atom stereocenters. The number of hydrogen-bond donors (Lipinski definition) is 4. The van der Waals surface area contributed by atoms with Gasteiger partial charge in [-0.3, -0.25) is 0 Å². The van der Waals surface area contributed by atoms with Gasteiger partial charge in [-0.15, -0.1) is 0 Å². The summed E-state index contributed by atoms with van der Waals surface area (Å²) in [5, 5.41) is 18.9. The zero-order chi connectivity index (χ0) is 13.8. The highest BCUT2D eigenvalue weighted by Gasteiger charge is 2.01. The fourth-order valence-corrected chi connectivity index (χ4v) is 1.15. The fourth-order valence-electron chi connectivity index (χ4n) is 1.15. The second-order valence-corrected chi connectivity index (χ2v) is 3.46. The van der Waals surface area contributed by atoms with E-state index >= 15 is 0 Å². The summed E-state index contributed by atoms with van der Waals surface area (Å²) >= 11 is 0. The molecular formula is C12H18N2O4. The number of carboxylic acid groups (broad SMARTS) is 2. The maximum Gasteiger partial charge on any atom is 0.328 e. The van der Waals surface area contributed by atoms with Gasteiger partial charge in [-0.05, 0) is 31.7 Å². The Morgan fingerprint density at radius 3 is 2.22 bits per heavy atom. The number of dihydropyridines is 1. The molecule has 1 unspecified atom stereocenters. The van der Waals surface area contributed by atoms with Crippen molar-refractivity contribution in [2.24, 2.45) is 5.73 Å². The molecule has 1 rings (SSSR count). The first-order chi connectivity index (χ1) is 8.56. The van der Waals surface area contributed by atoms with Gasteiger partial charge in [-0.2, -0.15) is 0 Å². The zero-order valence-corrected chi connectivity index (χ0v) is 9.95. The smallest absolute Gasteiger partial charge is 0.328 e. The molecule has 0 spiro atoms. The predicted molar refractivity (Wildman–Crippen MR) is 67.9 cm³/mol. The molecule has 0 saturated heterocycles. The van der Waals surface area contributed by atoms with Crippen molar-refractivity contribution in [2.75, 3.05) is 6.54 Å². The van der Waals surface area contributed by atoms with Crippen LogP contribution in [0.3, 0.4) is 0 Å². The molecule has 0 aromatic heterocycles. The summed E-state index contributed by atoms with van der Waals surface area (Å²) in [4.78, 5) is 19.1. The van der Waals surface area contributed by atoms with E-state index in [1.54, 1.807) is 0 Å². The molecule has 5 N–H and O–H groups in total. The standard InChI is InChI=1S/C8H14N2.C4H4O4/c9-6-3-5-8-4-1-2-7-10-8;5-3(6)1-2-4(7)8/h1-2,4,7-8,10H,3,5-6,9H2;1-2H,(H,5,6)(H,7,8). The number of aliphatic carboxylic acids is 2. The largest absolute Gasteiger partial charge is 0.478 e. The van der Waals surface area contributed by atoms with Gasteiger partial charge in [0, 0.05) is 18.2 Å². The van der Waals surface area contributed by atoms with Crippen LogP contribution >= 0.6 is 0 Å². The van der Waals surface area contributed by atoms with Crippen molar-refractivity contribution in [1.82, 2.24) is 5.32 Å². The maximum absolute atomic E-state index is 9.55. The lowest BCUT2D eigenvalue weighted by molar-refractivity contribution is -0.134. The van der Waals surface area contributed by atoms with Gasteiger partial charge < -0.3 is 21.3 Å². The van der Waals surface area contributed by atoms with Crippen LogP contribution in [0, 0.1) is 0 Å². The zero-order valence-electron chi connectivity index (χ0n) is 9.95. The molecule has 0 aromatic carbocycles. The molecule has 0 radical (unpaired) electrons. The van der Waals surface area contributed by atoms with E-state index in [0.717, 1.165) is 19.4 Å². The summed E-state index contributed by atoms with van der Waals surface area (Å²) in [6.07, 6.45) is 11.5. The minimum Gasteiger partial charge on any atom is -0.478 e. The lowest BCUT2D eigenvalue weighted by Crippen LogP contribution is -2.24. The Hall–Kier alpha value is -2.08. The lowest BCUT2D eigenvalue weighted by Gasteiger charge is -2.14. The van der Waals surface area contributed by atoms with Crippen LogP contribution in [-0.2, 0) is 9.59 Å². The summed E-state index contributed by atoms with van der Waals surface area (Å²) in [6, 6.07) is 0.508. The van der Waals surface area contributed by atoms with Crippen molar-refractivity contribution >= 4 is 11.9 Å². The van der Waals surface area contributed by atoms with E-state index in [1.807, 2.05) is 12.3 Å². The predicted octanol–water partition coefficient (Wildman–Crippen LogP) is 0.479. The van der Waals surface area contributed by atoms with E-state index in [0.29, 0.717) is 18.2 Å². The number of allylic oxidation sites excluding steroid dienone is 2. The highest BCUT2D eigenvalue weighted by molar-refractivity contribution is 5.89. The molecule has 0 saturated carbocycles. The third-order valence-electron chi connectivity index (χ3n) is 1.95. The number of nitrogens with one attached hydrogen (secondary N) is 1. The lowest BCUT2D eigenvalue weighted by atomic mass is 10.1. The molecule has 1 heterocycles. The summed E-state index contributed by atoms with van der Waals surface area (Å²) in [5.74, 6) is -2.51. The Morgan fingerprint density at radius 2 is 1.83 bits per heavy atom. The van der Waals surface area contributed by atoms with E-state index in [-0.39, 0.29) is 0 Å². The molecule has 0 amide bonds. The maximum atomic E-state index is 9.55. The van der Waals surface area contributed by atoms with Crippen LogP contribution in [0.25, 0.3) is 0 Å². The Labute approximate surface area is 105 Å². The number of hydrogen-bond acceptors (Lipinski definition) is 4. The van der Waals surface area contributed by atoms with E-state index in [9.17, 15) is 9.59 Å². The number of carboxylic acids is 2. The molecule has 18 heavy (non-hydrogen) atoms. The van der Waals surface area contributed by atoms with Gasteiger partial charge in [0.15, 0.2) is 0 Å². The van der Waals surface area contributed by atoms with Gasteiger partial charge in [0.2, 0.25) is 0 Å². The Bertz CT molecular complexity index is 332. The third kappa shape index (κ3) is 10.4. The molecule has 6 heteroatoms. The second-order valence-electron chi connectivity index (χ2n) is 3.46. The van der Waals surface area contributed by atoms with Crippen molar-refractivity contribution in [1.29, 1.82) is 0 Å². The summed E-state index contributed by atoms with van der Waals surface area (Å²) in [5.41, 5.74) is 5.38. The first-order valence-electron chi connectivity index (χ1n) is 5.49. The van der Waals surface area contributed by atoms with Gasteiger partial charge in [-0.25, -0.2) is 9.59 Å². The second kappa shape index (κ2) is 10.1. The minimum absolute atomic E-state index is 0.508. The first-order valence-corrected chi connectivity index (χ1v) is 5.49. The van der Waals surface area contributed by atoms with Crippen molar-refractivity contribution in [3.05, 3.63) is 36.6 Å². The highest BCUT2D eigenvalue weighted by Crippen LogP contribution is 2.01. The Balaban J connectivity index is 0.000000331. The Morgan fingerprint density at radius 1 is 1.22 bits per heavy atom. The molecule has 6 nitrogen and oxygen atoms in total.